The van der Waals surface area contributed by atoms with Crippen molar-refractivity contribution < 1.29 is 9.47 Å². The fraction of sp³-hybridized carbons (Fsp3) is 0.182. The van der Waals surface area contributed by atoms with E-state index in [-0.39, 0.29) is 0 Å². The number of hydrogen-bond acceptors (Lipinski definition) is 5. The van der Waals surface area contributed by atoms with Gasteiger partial charge in [-0.25, -0.2) is 0 Å². The molecule has 1 aromatic heterocycles. The van der Waals surface area contributed by atoms with Crippen molar-refractivity contribution in [2.24, 2.45) is 5.73 Å². The molecule has 3 aromatic rings. The highest BCUT2D eigenvalue weighted by Crippen LogP contribution is 2.25. The Morgan fingerprint density at radius 1 is 1.11 bits per heavy atom. The molecule has 3 rings (SSSR count). The quantitative estimate of drug-likeness (QED) is 0.532. The number of hydrogen-bond donors (Lipinski definition) is 2. The maximum absolute atomic E-state index is 7.07. The van der Waals surface area contributed by atoms with Crippen molar-refractivity contribution in [3.8, 4) is 17.2 Å². The average molecular weight is 376 g/mol. The number of nitrogens with one attached hydrogen (secondary N) is 1. The van der Waals surface area contributed by atoms with E-state index in [2.05, 4.69) is 12.0 Å². The van der Waals surface area contributed by atoms with Crippen LogP contribution in [0.4, 0.5) is 0 Å². The maximum Gasteiger partial charge on any atom is 0.127 e. The van der Waals surface area contributed by atoms with Gasteiger partial charge in [0.15, 0.2) is 0 Å². The number of rotatable bonds is 9. The summed E-state index contributed by atoms with van der Waals surface area (Å²) in [5, 5.41) is 11.3. The molecule has 0 saturated heterocycles. The Balaban J connectivity index is 1.50. The van der Waals surface area contributed by atoms with Crippen molar-refractivity contribution in [2.45, 2.75) is 19.4 Å². The maximum atomic E-state index is 7.07. The number of nitrogens with two attached hydrogens (primary N) is 1. The van der Waals surface area contributed by atoms with Crippen LogP contribution in [0.5, 0.6) is 17.2 Å². The summed E-state index contributed by atoms with van der Waals surface area (Å²) in [4.78, 5) is 0. The van der Waals surface area contributed by atoms with E-state index in [1.54, 1.807) is 12.3 Å². The molecule has 6 nitrogen and oxygen atoms in total. The van der Waals surface area contributed by atoms with Gasteiger partial charge in [-0.2, -0.15) is 5.10 Å². The van der Waals surface area contributed by atoms with Crippen molar-refractivity contribution >= 4 is 11.9 Å². The summed E-state index contributed by atoms with van der Waals surface area (Å²) in [6, 6.07) is 17.2. The number of allylic oxidation sites excluding steroid dienone is 1. The molecule has 0 aliphatic rings. The van der Waals surface area contributed by atoms with Crippen molar-refractivity contribution in [3.63, 3.8) is 0 Å². The predicted molar refractivity (Wildman–Crippen MR) is 111 cm³/mol. The number of ether oxygens (including phenoxy) is 2. The third-order valence-corrected chi connectivity index (χ3v) is 4.29. The van der Waals surface area contributed by atoms with Gasteiger partial charge in [0, 0.05) is 30.7 Å². The highest BCUT2D eigenvalue weighted by molar-refractivity contribution is 5.81. The predicted octanol–water partition coefficient (Wildman–Crippen LogP) is 4.65. The lowest BCUT2D eigenvalue weighted by molar-refractivity contribution is 0.277. The lowest BCUT2D eigenvalue weighted by Crippen LogP contribution is -2.10. The van der Waals surface area contributed by atoms with Gasteiger partial charge in [0.1, 0.15) is 17.2 Å². The first-order chi connectivity index (χ1) is 13.7. The molecular weight excluding hydrogens is 352 g/mol. The zero-order valence-electron chi connectivity index (χ0n) is 15.8. The summed E-state index contributed by atoms with van der Waals surface area (Å²) < 4.78 is 13.6. The minimum absolute atomic E-state index is 0.295. The molecule has 1 unspecified atom stereocenters. The monoisotopic (exact) mass is 376 g/mol. The van der Waals surface area contributed by atoms with Crippen molar-refractivity contribution in [1.82, 2.24) is 9.78 Å². The molecular formula is C22H24N4O2. The van der Waals surface area contributed by atoms with Crippen molar-refractivity contribution in [2.75, 3.05) is 6.61 Å². The molecule has 0 spiro atoms. The molecule has 144 valence electrons. The van der Waals surface area contributed by atoms with Crippen LogP contribution in [0.3, 0.4) is 0 Å². The highest BCUT2D eigenvalue weighted by atomic mass is 16.5. The van der Waals surface area contributed by atoms with Gasteiger partial charge in [0.05, 0.1) is 12.6 Å². The zero-order valence-corrected chi connectivity index (χ0v) is 15.8. The van der Waals surface area contributed by atoms with Gasteiger partial charge in [0.2, 0.25) is 0 Å². The fourth-order valence-corrected chi connectivity index (χ4v) is 2.66. The standard InChI is InChI=1S/C22H24N4O2/c1-17(26-15-2-14-25-26)12-16-27-19-7-9-21(10-8-19)28-20-5-3-18(4-6-20)22(24)11-13-23/h2-11,13-15,17,23H,12,16,24H2,1H3/b22-11-,23-13?. The second-order valence-corrected chi connectivity index (χ2v) is 6.36. The van der Waals surface area contributed by atoms with Crippen LogP contribution < -0.4 is 15.2 Å². The molecule has 0 aliphatic carbocycles. The lowest BCUT2D eigenvalue weighted by atomic mass is 10.1. The summed E-state index contributed by atoms with van der Waals surface area (Å²) >= 11 is 0. The summed E-state index contributed by atoms with van der Waals surface area (Å²) in [6.45, 7) is 2.74. The van der Waals surface area contributed by atoms with Gasteiger partial charge in [0.25, 0.3) is 0 Å². The Hall–Kier alpha value is -3.54. The number of nitrogens with zero attached hydrogens (tertiary/aromatic N) is 2. The van der Waals surface area contributed by atoms with E-state index in [1.165, 1.54) is 6.21 Å². The number of aromatic nitrogens is 2. The highest BCUT2D eigenvalue weighted by Gasteiger charge is 2.05. The molecule has 0 radical (unpaired) electrons. The Labute approximate surface area is 164 Å². The Morgan fingerprint density at radius 2 is 1.75 bits per heavy atom. The topological polar surface area (TPSA) is 86.2 Å². The van der Waals surface area contributed by atoms with Gasteiger partial charge in [-0.3, -0.25) is 4.68 Å². The average Bonchev–Trinajstić information content (AvgIpc) is 3.25. The molecule has 0 aliphatic heterocycles. The van der Waals surface area contributed by atoms with E-state index in [9.17, 15) is 0 Å². The van der Waals surface area contributed by atoms with Crippen LogP contribution >= 0.6 is 0 Å². The minimum atomic E-state index is 0.295. The van der Waals surface area contributed by atoms with Gasteiger partial charge < -0.3 is 20.6 Å². The van der Waals surface area contributed by atoms with Crippen LogP contribution in [0.2, 0.25) is 0 Å². The van der Waals surface area contributed by atoms with Gasteiger partial charge in [-0.1, -0.05) is 0 Å². The molecule has 28 heavy (non-hydrogen) atoms. The van der Waals surface area contributed by atoms with Gasteiger partial charge in [-0.15, -0.1) is 0 Å². The summed E-state index contributed by atoms with van der Waals surface area (Å²) in [5.41, 5.74) is 7.26. The molecule has 6 heteroatoms. The first-order valence-corrected chi connectivity index (χ1v) is 9.12. The van der Waals surface area contributed by atoms with Crippen LogP contribution in [-0.2, 0) is 0 Å². The minimum Gasteiger partial charge on any atom is -0.494 e. The summed E-state index contributed by atoms with van der Waals surface area (Å²) in [6.07, 6.45) is 7.33. The van der Waals surface area contributed by atoms with E-state index in [4.69, 9.17) is 20.6 Å². The third-order valence-electron chi connectivity index (χ3n) is 4.29. The molecule has 3 N–H and O–H groups in total. The molecule has 1 atom stereocenters. The lowest BCUT2D eigenvalue weighted by Gasteiger charge is -2.13. The molecule has 2 aromatic carbocycles. The molecule has 0 bridgehead atoms. The number of benzene rings is 2. The van der Waals surface area contributed by atoms with E-state index < -0.39 is 0 Å². The first-order valence-electron chi connectivity index (χ1n) is 9.12. The Morgan fingerprint density at radius 3 is 2.36 bits per heavy atom. The van der Waals surface area contributed by atoms with Crippen LogP contribution in [0, 0.1) is 5.41 Å². The molecule has 0 amide bonds. The second kappa shape index (κ2) is 9.41. The molecule has 0 saturated carbocycles. The van der Waals surface area contributed by atoms with Crippen LogP contribution in [0.15, 0.2) is 73.1 Å². The second-order valence-electron chi connectivity index (χ2n) is 6.36. The van der Waals surface area contributed by atoms with Gasteiger partial charge >= 0.3 is 0 Å². The molecule has 0 fully saturated rings. The van der Waals surface area contributed by atoms with Gasteiger partial charge in [-0.05, 0) is 73.2 Å². The molecule has 1 heterocycles. The Bertz CT molecular complexity index is 901. The first kappa shape index (κ1) is 19.2. The van der Waals surface area contributed by atoms with Crippen molar-refractivity contribution in [3.05, 3.63) is 78.6 Å². The van der Waals surface area contributed by atoms with E-state index in [1.807, 2.05) is 65.5 Å². The summed E-state index contributed by atoms with van der Waals surface area (Å²) in [5.74, 6) is 2.25. The third kappa shape index (κ3) is 5.23. The van der Waals surface area contributed by atoms with Crippen molar-refractivity contribution in [1.29, 1.82) is 5.41 Å². The van der Waals surface area contributed by atoms with Crippen LogP contribution in [0.25, 0.3) is 5.70 Å². The van der Waals surface area contributed by atoms with E-state index >= 15 is 0 Å². The smallest absolute Gasteiger partial charge is 0.127 e. The zero-order chi connectivity index (χ0) is 19.8. The largest absolute Gasteiger partial charge is 0.494 e. The van der Waals surface area contributed by atoms with E-state index in [0.717, 1.165) is 23.5 Å². The van der Waals surface area contributed by atoms with Crippen LogP contribution in [-0.4, -0.2) is 22.6 Å². The summed E-state index contributed by atoms with van der Waals surface area (Å²) in [7, 11) is 0. The van der Waals surface area contributed by atoms with E-state index in [0.29, 0.717) is 24.1 Å². The fourth-order valence-electron chi connectivity index (χ4n) is 2.66. The SMILES string of the molecule is CC(CCOc1ccc(Oc2ccc(/C(N)=C/C=N)cc2)cc1)n1cccn1. The Kier molecular flexibility index (Phi) is 6.46. The normalized spacial score (nSPS) is 12.4. The van der Waals surface area contributed by atoms with Crippen LogP contribution in [0.1, 0.15) is 24.9 Å².